The van der Waals surface area contributed by atoms with Crippen molar-refractivity contribution in [2.75, 3.05) is 12.3 Å². The van der Waals surface area contributed by atoms with Crippen molar-refractivity contribution >= 4 is 11.8 Å². The second kappa shape index (κ2) is 8.73. The number of aryl methyl sites for hydroxylation is 1. The number of thioether (sulfide) groups is 1. The Labute approximate surface area is 127 Å². The summed E-state index contributed by atoms with van der Waals surface area (Å²) in [5, 5.41) is 4.56. The first-order valence-electron chi connectivity index (χ1n) is 8.21. The van der Waals surface area contributed by atoms with Gasteiger partial charge in [0.25, 0.3) is 0 Å². The Balaban J connectivity index is 1.92. The van der Waals surface area contributed by atoms with E-state index in [1.165, 1.54) is 44.3 Å². The Morgan fingerprint density at radius 3 is 2.85 bits per heavy atom. The zero-order chi connectivity index (χ0) is 14.2. The van der Waals surface area contributed by atoms with Crippen LogP contribution < -0.4 is 5.32 Å². The van der Waals surface area contributed by atoms with Crippen LogP contribution in [0.5, 0.6) is 0 Å². The standard InChI is InChI=1S/C16H29N3S/c1-3-10-17-15(16-18-11-12-19(16)4-2)13-20-14-8-6-5-7-9-14/h11-12,14-15,17H,3-10,13H2,1-2H3. The molecule has 0 aliphatic heterocycles. The molecule has 1 fully saturated rings. The SMILES string of the molecule is CCCNC(CSC1CCCCC1)c1nccn1CC. The second-order valence-electron chi connectivity index (χ2n) is 5.67. The minimum atomic E-state index is 0.400. The molecule has 1 unspecified atom stereocenters. The van der Waals surface area contributed by atoms with Gasteiger partial charge in [-0.3, -0.25) is 0 Å². The van der Waals surface area contributed by atoms with Crippen LogP contribution in [0.15, 0.2) is 12.4 Å². The lowest BCUT2D eigenvalue weighted by Crippen LogP contribution is -2.28. The molecule has 0 aromatic carbocycles. The predicted molar refractivity (Wildman–Crippen MR) is 88.3 cm³/mol. The van der Waals surface area contributed by atoms with Crippen LogP contribution >= 0.6 is 11.8 Å². The van der Waals surface area contributed by atoms with Gasteiger partial charge in [-0.2, -0.15) is 11.8 Å². The topological polar surface area (TPSA) is 29.9 Å². The molecule has 2 rings (SSSR count). The molecule has 1 aliphatic carbocycles. The van der Waals surface area contributed by atoms with E-state index >= 15 is 0 Å². The van der Waals surface area contributed by atoms with E-state index in [-0.39, 0.29) is 0 Å². The lowest BCUT2D eigenvalue weighted by molar-refractivity contribution is 0.506. The molecule has 0 radical (unpaired) electrons. The van der Waals surface area contributed by atoms with Crippen molar-refractivity contribution < 1.29 is 0 Å². The molecule has 1 atom stereocenters. The molecule has 0 amide bonds. The number of aromatic nitrogens is 2. The largest absolute Gasteiger partial charge is 0.334 e. The number of nitrogens with zero attached hydrogens (tertiary/aromatic N) is 2. The highest BCUT2D eigenvalue weighted by Crippen LogP contribution is 2.30. The maximum absolute atomic E-state index is 4.59. The van der Waals surface area contributed by atoms with Gasteiger partial charge in [-0.15, -0.1) is 0 Å². The smallest absolute Gasteiger partial charge is 0.126 e. The highest BCUT2D eigenvalue weighted by atomic mass is 32.2. The minimum Gasteiger partial charge on any atom is -0.334 e. The van der Waals surface area contributed by atoms with Crippen LogP contribution in [0, 0.1) is 0 Å². The molecule has 3 nitrogen and oxygen atoms in total. The number of imidazole rings is 1. The molecule has 1 aromatic rings. The molecule has 114 valence electrons. The lowest BCUT2D eigenvalue weighted by atomic mass is 10.0. The van der Waals surface area contributed by atoms with Crippen molar-refractivity contribution in [2.24, 2.45) is 0 Å². The molecular weight excluding hydrogens is 266 g/mol. The van der Waals surface area contributed by atoms with E-state index in [1.807, 2.05) is 6.20 Å². The second-order valence-corrected chi connectivity index (χ2v) is 7.00. The summed E-state index contributed by atoms with van der Waals surface area (Å²) in [5.74, 6) is 2.37. The Morgan fingerprint density at radius 1 is 1.35 bits per heavy atom. The molecular formula is C16H29N3S. The molecule has 0 saturated heterocycles. The third-order valence-electron chi connectivity index (χ3n) is 4.09. The number of hydrogen-bond acceptors (Lipinski definition) is 3. The quantitative estimate of drug-likeness (QED) is 0.786. The molecule has 0 spiro atoms. The summed E-state index contributed by atoms with van der Waals surface area (Å²) in [6.07, 6.45) is 12.3. The Bertz CT molecular complexity index is 372. The molecule has 20 heavy (non-hydrogen) atoms. The number of nitrogens with one attached hydrogen (secondary N) is 1. The maximum atomic E-state index is 4.59. The van der Waals surface area contributed by atoms with Crippen LogP contribution in [-0.4, -0.2) is 27.1 Å². The van der Waals surface area contributed by atoms with Gasteiger partial charge in [0.15, 0.2) is 0 Å². The lowest BCUT2D eigenvalue weighted by Gasteiger charge is -2.24. The summed E-state index contributed by atoms with van der Waals surface area (Å²) < 4.78 is 2.27. The van der Waals surface area contributed by atoms with Gasteiger partial charge in [0, 0.05) is 29.9 Å². The van der Waals surface area contributed by atoms with Gasteiger partial charge in [-0.05, 0) is 32.7 Å². The first-order chi connectivity index (χ1) is 9.85. The van der Waals surface area contributed by atoms with Crippen LogP contribution in [-0.2, 0) is 6.54 Å². The minimum absolute atomic E-state index is 0.400. The third kappa shape index (κ3) is 4.52. The van der Waals surface area contributed by atoms with Crippen LogP contribution in [0.4, 0.5) is 0 Å². The van der Waals surface area contributed by atoms with E-state index in [4.69, 9.17) is 0 Å². The molecule has 0 bridgehead atoms. The van der Waals surface area contributed by atoms with Crippen LogP contribution in [0.1, 0.15) is 64.2 Å². The van der Waals surface area contributed by atoms with Gasteiger partial charge in [0.1, 0.15) is 5.82 Å². The monoisotopic (exact) mass is 295 g/mol. The van der Waals surface area contributed by atoms with Gasteiger partial charge < -0.3 is 9.88 Å². The molecule has 1 aromatic heterocycles. The number of rotatable bonds is 8. The fraction of sp³-hybridized carbons (Fsp3) is 0.812. The van der Waals surface area contributed by atoms with E-state index in [0.29, 0.717) is 6.04 Å². The van der Waals surface area contributed by atoms with E-state index in [1.54, 1.807) is 0 Å². The first kappa shape index (κ1) is 15.9. The maximum Gasteiger partial charge on any atom is 0.126 e. The van der Waals surface area contributed by atoms with Crippen LogP contribution in [0.25, 0.3) is 0 Å². The van der Waals surface area contributed by atoms with Crippen molar-refractivity contribution in [1.82, 2.24) is 14.9 Å². The molecule has 1 heterocycles. The van der Waals surface area contributed by atoms with Crippen LogP contribution in [0.3, 0.4) is 0 Å². The summed E-state index contributed by atoms with van der Waals surface area (Å²) in [6, 6.07) is 0.400. The fourth-order valence-corrected chi connectivity index (χ4v) is 4.30. The molecule has 1 N–H and O–H groups in total. The Morgan fingerprint density at radius 2 is 2.15 bits per heavy atom. The molecule has 1 saturated carbocycles. The van der Waals surface area contributed by atoms with E-state index in [9.17, 15) is 0 Å². The van der Waals surface area contributed by atoms with Gasteiger partial charge >= 0.3 is 0 Å². The normalized spacial score (nSPS) is 18.3. The molecule has 1 aliphatic rings. The van der Waals surface area contributed by atoms with Gasteiger partial charge in [0.2, 0.25) is 0 Å². The van der Waals surface area contributed by atoms with E-state index in [2.05, 4.69) is 46.7 Å². The summed E-state index contributed by atoms with van der Waals surface area (Å²) in [5.41, 5.74) is 0. The zero-order valence-electron chi connectivity index (χ0n) is 13.0. The van der Waals surface area contributed by atoms with E-state index < -0.39 is 0 Å². The highest BCUT2D eigenvalue weighted by Gasteiger charge is 2.20. The van der Waals surface area contributed by atoms with Crippen molar-refractivity contribution in [3.63, 3.8) is 0 Å². The van der Waals surface area contributed by atoms with E-state index in [0.717, 1.165) is 24.1 Å². The van der Waals surface area contributed by atoms with Crippen molar-refractivity contribution in [1.29, 1.82) is 0 Å². The summed E-state index contributed by atoms with van der Waals surface area (Å²) in [7, 11) is 0. The van der Waals surface area contributed by atoms with Gasteiger partial charge in [0.05, 0.1) is 6.04 Å². The first-order valence-corrected chi connectivity index (χ1v) is 9.26. The molecule has 4 heteroatoms. The highest BCUT2D eigenvalue weighted by molar-refractivity contribution is 7.99. The van der Waals surface area contributed by atoms with Crippen molar-refractivity contribution in [3.8, 4) is 0 Å². The average molecular weight is 295 g/mol. The Kier molecular flexibility index (Phi) is 6.94. The summed E-state index contributed by atoms with van der Waals surface area (Å²) >= 11 is 2.16. The number of hydrogen-bond donors (Lipinski definition) is 1. The third-order valence-corrected chi connectivity index (χ3v) is 5.56. The van der Waals surface area contributed by atoms with Gasteiger partial charge in [-0.1, -0.05) is 26.2 Å². The van der Waals surface area contributed by atoms with Crippen LogP contribution in [0.2, 0.25) is 0 Å². The average Bonchev–Trinajstić information content (AvgIpc) is 2.97. The fourth-order valence-electron chi connectivity index (χ4n) is 2.91. The van der Waals surface area contributed by atoms with Gasteiger partial charge in [-0.25, -0.2) is 4.98 Å². The predicted octanol–water partition coefficient (Wildman–Crippen LogP) is 4.01. The summed E-state index contributed by atoms with van der Waals surface area (Å²) in [4.78, 5) is 4.59. The Hall–Kier alpha value is -0.480. The van der Waals surface area contributed by atoms with Crippen molar-refractivity contribution in [3.05, 3.63) is 18.2 Å². The summed E-state index contributed by atoms with van der Waals surface area (Å²) in [6.45, 7) is 6.50. The zero-order valence-corrected chi connectivity index (χ0v) is 13.8. The van der Waals surface area contributed by atoms with Crippen molar-refractivity contribution in [2.45, 2.75) is 70.2 Å².